The number of aromatic amines is 1. The SMILES string of the molecule is O=c1c(Br)cc(O)c2[nH]c3ccccc3cc1-2. The van der Waals surface area contributed by atoms with Crippen LogP contribution in [0.15, 0.2) is 45.7 Å². The van der Waals surface area contributed by atoms with Crippen LogP contribution in [0.25, 0.3) is 22.2 Å². The van der Waals surface area contributed by atoms with Gasteiger partial charge in [0.2, 0.25) is 5.43 Å². The van der Waals surface area contributed by atoms with Crippen molar-refractivity contribution in [2.75, 3.05) is 0 Å². The van der Waals surface area contributed by atoms with Crippen LogP contribution in [-0.4, -0.2) is 10.1 Å². The molecule has 4 heteroatoms. The molecule has 0 fully saturated rings. The molecule has 2 N–H and O–H groups in total. The second kappa shape index (κ2) is 3.60. The van der Waals surface area contributed by atoms with Gasteiger partial charge in [0.25, 0.3) is 0 Å². The van der Waals surface area contributed by atoms with Gasteiger partial charge in [-0.3, -0.25) is 4.79 Å². The van der Waals surface area contributed by atoms with E-state index < -0.39 is 0 Å². The highest BCUT2D eigenvalue weighted by atomic mass is 79.9. The third kappa shape index (κ3) is 1.52. The molecule has 17 heavy (non-hydrogen) atoms. The Hall–Kier alpha value is -1.81. The van der Waals surface area contributed by atoms with E-state index in [1.54, 1.807) is 6.07 Å². The molecular formula is C13H8BrNO2. The lowest BCUT2D eigenvalue weighted by molar-refractivity contribution is 0.475. The minimum atomic E-state index is -0.125. The first-order valence-electron chi connectivity index (χ1n) is 5.10. The van der Waals surface area contributed by atoms with Gasteiger partial charge in [0.1, 0.15) is 5.75 Å². The third-order valence-electron chi connectivity index (χ3n) is 2.77. The topological polar surface area (TPSA) is 53.1 Å². The van der Waals surface area contributed by atoms with Crippen molar-refractivity contribution in [3.63, 3.8) is 0 Å². The Morgan fingerprint density at radius 3 is 2.76 bits per heavy atom. The molecule has 0 saturated carbocycles. The van der Waals surface area contributed by atoms with Gasteiger partial charge in [0, 0.05) is 11.6 Å². The fourth-order valence-corrected chi connectivity index (χ4v) is 2.36. The molecule has 0 bridgehead atoms. The minimum Gasteiger partial charge on any atom is -0.506 e. The van der Waals surface area contributed by atoms with Crippen LogP contribution >= 0.6 is 15.9 Å². The summed E-state index contributed by atoms with van der Waals surface area (Å²) in [6.07, 6.45) is 0. The number of nitrogens with one attached hydrogen (secondary N) is 1. The van der Waals surface area contributed by atoms with Crippen molar-refractivity contribution in [3.8, 4) is 17.0 Å². The molecule has 1 aliphatic carbocycles. The summed E-state index contributed by atoms with van der Waals surface area (Å²) >= 11 is 3.14. The van der Waals surface area contributed by atoms with E-state index in [4.69, 9.17) is 0 Å². The normalized spacial score (nSPS) is 11.1. The summed E-state index contributed by atoms with van der Waals surface area (Å²) in [5.41, 5.74) is 1.71. The van der Waals surface area contributed by atoms with Crippen molar-refractivity contribution < 1.29 is 5.11 Å². The molecule has 0 atom stereocenters. The number of phenolic OH excluding ortho intramolecular Hbond substituents is 1. The summed E-state index contributed by atoms with van der Waals surface area (Å²) in [7, 11) is 0. The highest BCUT2D eigenvalue weighted by Gasteiger charge is 2.15. The van der Waals surface area contributed by atoms with Gasteiger partial charge in [-0.25, -0.2) is 0 Å². The van der Waals surface area contributed by atoms with Crippen LogP contribution in [-0.2, 0) is 0 Å². The van der Waals surface area contributed by atoms with Crippen LogP contribution in [0.5, 0.6) is 5.75 Å². The van der Waals surface area contributed by atoms with Crippen LogP contribution in [0.3, 0.4) is 0 Å². The van der Waals surface area contributed by atoms with Crippen molar-refractivity contribution in [2.45, 2.75) is 0 Å². The standard InChI is InChI=1S/C13H8BrNO2/c14-9-6-11(16)12-8(13(9)17)5-7-3-1-2-4-10(7)15-12/h1-6,15-16H. The van der Waals surface area contributed by atoms with Gasteiger partial charge >= 0.3 is 0 Å². The van der Waals surface area contributed by atoms with E-state index in [9.17, 15) is 9.90 Å². The van der Waals surface area contributed by atoms with Gasteiger partial charge in [-0.15, -0.1) is 0 Å². The molecule has 0 unspecified atom stereocenters. The van der Waals surface area contributed by atoms with E-state index in [2.05, 4.69) is 20.9 Å². The summed E-state index contributed by atoms with van der Waals surface area (Å²) in [5.74, 6) is 0.0669. The summed E-state index contributed by atoms with van der Waals surface area (Å²) in [6.45, 7) is 0. The fraction of sp³-hybridized carbons (Fsp3) is 0. The van der Waals surface area contributed by atoms with Crippen LogP contribution in [0.1, 0.15) is 0 Å². The zero-order chi connectivity index (χ0) is 12.0. The zero-order valence-corrected chi connectivity index (χ0v) is 10.3. The lowest BCUT2D eigenvalue weighted by Crippen LogP contribution is -2.07. The number of para-hydroxylation sites is 1. The molecule has 3 nitrogen and oxygen atoms in total. The Morgan fingerprint density at radius 2 is 1.94 bits per heavy atom. The number of aromatic nitrogens is 1. The second-order valence-corrected chi connectivity index (χ2v) is 4.71. The van der Waals surface area contributed by atoms with Crippen LogP contribution in [0, 0.1) is 0 Å². The predicted molar refractivity (Wildman–Crippen MR) is 70.6 cm³/mol. The molecule has 1 heterocycles. The van der Waals surface area contributed by atoms with Crippen molar-refractivity contribution in [1.29, 1.82) is 0 Å². The molecule has 0 amide bonds. The van der Waals surface area contributed by atoms with Gasteiger partial charge < -0.3 is 10.1 Å². The second-order valence-electron chi connectivity index (χ2n) is 3.85. The van der Waals surface area contributed by atoms with E-state index in [0.717, 1.165) is 10.9 Å². The quantitative estimate of drug-likeness (QED) is 0.625. The Kier molecular flexibility index (Phi) is 2.19. The van der Waals surface area contributed by atoms with Crippen molar-refractivity contribution in [2.24, 2.45) is 0 Å². The van der Waals surface area contributed by atoms with E-state index in [-0.39, 0.29) is 11.2 Å². The van der Waals surface area contributed by atoms with Crippen LogP contribution in [0.2, 0.25) is 0 Å². The van der Waals surface area contributed by atoms with Crippen LogP contribution in [0.4, 0.5) is 0 Å². The number of halogens is 1. The minimum absolute atomic E-state index is 0.0669. The maximum Gasteiger partial charge on any atom is 0.202 e. The number of aromatic hydroxyl groups is 1. The van der Waals surface area contributed by atoms with Crippen molar-refractivity contribution in [3.05, 3.63) is 51.1 Å². The molecule has 3 rings (SSSR count). The van der Waals surface area contributed by atoms with Gasteiger partial charge in [-0.1, -0.05) is 18.2 Å². The summed E-state index contributed by atoms with van der Waals surface area (Å²) < 4.78 is 0.367. The summed E-state index contributed by atoms with van der Waals surface area (Å²) in [4.78, 5) is 15.0. The lowest BCUT2D eigenvalue weighted by atomic mass is 10.0. The highest BCUT2D eigenvalue weighted by Crippen LogP contribution is 2.31. The van der Waals surface area contributed by atoms with Gasteiger partial charge in [-0.2, -0.15) is 0 Å². The first-order chi connectivity index (χ1) is 8.16. The Bertz CT molecular complexity index is 748. The maximum absolute atomic E-state index is 11.9. The van der Waals surface area contributed by atoms with E-state index in [1.807, 2.05) is 24.3 Å². The molecule has 1 aliphatic heterocycles. The third-order valence-corrected chi connectivity index (χ3v) is 3.36. The predicted octanol–water partition coefficient (Wildman–Crippen LogP) is 3.10. The average Bonchev–Trinajstić information content (AvgIpc) is 2.34. The van der Waals surface area contributed by atoms with Gasteiger partial charge in [-0.05, 0) is 33.4 Å². The van der Waals surface area contributed by atoms with E-state index in [0.29, 0.717) is 15.7 Å². The monoisotopic (exact) mass is 289 g/mol. The molecule has 0 aromatic heterocycles. The van der Waals surface area contributed by atoms with Crippen molar-refractivity contribution in [1.82, 2.24) is 4.98 Å². The maximum atomic E-state index is 11.9. The summed E-state index contributed by atoms with van der Waals surface area (Å²) in [6, 6.07) is 10.8. The number of pyridine rings is 1. The number of hydrogen-bond acceptors (Lipinski definition) is 2. The fourth-order valence-electron chi connectivity index (χ4n) is 1.93. The number of hydrogen-bond donors (Lipinski definition) is 2. The molecule has 84 valence electrons. The zero-order valence-electron chi connectivity index (χ0n) is 8.70. The number of H-pyrrole nitrogens is 1. The molecule has 0 spiro atoms. The number of benzene rings is 2. The van der Waals surface area contributed by atoms with Gasteiger partial charge in [0.15, 0.2) is 0 Å². The first-order valence-corrected chi connectivity index (χ1v) is 5.89. The van der Waals surface area contributed by atoms with E-state index in [1.165, 1.54) is 6.07 Å². The number of fused-ring (bicyclic) bond motifs is 2. The van der Waals surface area contributed by atoms with Crippen molar-refractivity contribution >= 4 is 26.8 Å². The number of phenols is 1. The average molecular weight is 290 g/mol. The lowest BCUT2D eigenvalue weighted by Gasteiger charge is -2.10. The first kappa shape index (κ1) is 10.4. The Labute approximate surface area is 105 Å². The Balaban J connectivity index is 2.56. The Morgan fingerprint density at radius 1 is 1.18 bits per heavy atom. The summed E-state index contributed by atoms with van der Waals surface area (Å²) in [5, 5.41) is 10.8. The van der Waals surface area contributed by atoms with Gasteiger partial charge in [0.05, 0.1) is 15.7 Å². The molecule has 2 aliphatic rings. The molecular weight excluding hydrogens is 282 g/mol. The molecule has 1 aromatic rings. The molecule has 1 aromatic carbocycles. The number of rotatable bonds is 0. The van der Waals surface area contributed by atoms with E-state index >= 15 is 0 Å². The molecule has 0 saturated heterocycles. The largest absolute Gasteiger partial charge is 0.506 e. The highest BCUT2D eigenvalue weighted by molar-refractivity contribution is 9.10. The van der Waals surface area contributed by atoms with Crippen LogP contribution < -0.4 is 5.43 Å². The molecule has 0 radical (unpaired) electrons. The smallest absolute Gasteiger partial charge is 0.202 e.